The van der Waals surface area contributed by atoms with Crippen LogP contribution < -0.4 is 9.64 Å². The van der Waals surface area contributed by atoms with Gasteiger partial charge in [-0.25, -0.2) is 4.98 Å². The first-order valence-electron chi connectivity index (χ1n) is 6.62. The molecule has 1 aliphatic heterocycles. The van der Waals surface area contributed by atoms with E-state index in [4.69, 9.17) is 4.74 Å². The van der Waals surface area contributed by atoms with Gasteiger partial charge in [0.2, 0.25) is 5.88 Å². The molecule has 3 nitrogen and oxygen atoms in total. The monoisotopic (exact) mass is 254 g/mol. The van der Waals surface area contributed by atoms with Gasteiger partial charge in [-0.15, -0.1) is 0 Å². The van der Waals surface area contributed by atoms with E-state index in [-0.39, 0.29) is 0 Å². The zero-order valence-electron chi connectivity index (χ0n) is 11.4. The minimum atomic E-state index is 0.654. The third-order valence-corrected chi connectivity index (χ3v) is 3.71. The van der Waals surface area contributed by atoms with Crippen LogP contribution in [0.25, 0.3) is 11.1 Å². The second kappa shape index (κ2) is 4.92. The normalized spacial score (nSPS) is 14.1. The van der Waals surface area contributed by atoms with Crippen molar-refractivity contribution in [3.05, 3.63) is 42.1 Å². The Bertz CT molecular complexity index is 578. The Morgan fingerprint density at radius 3 is 2.74 bits per heavy atom. The van der Waals surface area contributed by atoms with Gasteiger partial charge in [0.1, 0.15) is 0 Å². The summed E-state index contributed by atoms with van der Waals surface area (Å²) in [4.78, 5) is 6.60. The Morgan fingerprint density at radius 1 is 1.16 bits per heavy atom. The number of benzene rings is 1. The molecule has 0 saturated carbocycles. The number of aryl methyl sites for hydroxylation is 1. The fraction of sp³-hybridized carbons (Fsp3) is 0.312. The van der Waals surface area contributed by atoms with Gasteiger partial charge in [-0.05, 0) is 42.2 Å². The molecule has 0 atom stereocenters. The summed E-state index contributed by atoms with van der Waals surface area (Å²) in [6.07, 6.45) is 4.26. The maximum Gasteiger partial charge on any atom is 0.212 e. The highest BCUT2D eigenvalue weighted by Gasteiger charge is 2.14. The van der Waals surface area contributed by atoms with Gasteiger partial charge in [0.15, 0.2) is 0 Å². The van der Waals surface area contributed by atoms with Crippen molar-refractivity contribution in [2.75, 3.05) is 25.6 Å². The number of pyridine rings is 1. The van der Waals surface area contributed by atoms with E-state index in [1.54, 1.807) is 7.11 Å². The van der Waals surface area contributed by atoms with Gasteiger partial charge in [0, 0.05) is 37.1 Å². The summed E-state index contributed by atoms with van der Waals surface area (Å²) in [5, 5.41) is 0. The van der Waals surface area contributed by atoms with E-state index in [1.807, 2.05) is 12.3 Å². The Kier molecular flexibility index (Phi) is 3.11. The highest BCUT2D eigenvalue weighted by atomic mass is 16.5. The minimum absolute atomic E-state index is 0.654. The lowest BCUT2D eigenvalue weighted by molar-refractivity contribution is 0.398. The molecule has 3 heteroatoms. The maximum absolute atomic E-state index is 5.09. The zero-order valence-corrected chi connectivity index (χ0v) is 11.4. The molecular weight excluding hydrogens is 236 g/mol. The Morgan fingerprint density at radius 2 is 2.00 bits per heavy atom. The van der Waals surface area contributed by atoms with E-state index >= 15 is 0 Å². The molecule has 0 saturated heterocycles. The average molecular weight is 254 g/mol. The van der Waals surface area contributed by atoms with Crippen LogP contribution in [0, 0.1) is 0 Å². The van der Waals surface area contributed by atoms with E-state index in [1.165, 1.54) is 23.2 Å². The number of hydrogen-bond acceptors (Lipinski definition) is 3. The summed E-state index contributed by atoms with van der Waals surface area (Å²) < 4.78 is 5.09. The number of aromatic nitrogens is 1. The fourth-order valence-electron chi connectivity index (χ4n) is 2.64. The Hall–Kier alpha value is -2.03. The minimum Gasteiger partial charge on any atom is -0.481 e. The largest absolute Gasteiger partial charge is 0.481 e. The summed E-state index contributed by atoms with van der Waals surface area (Å²) in [6.45, 7) is 1.15. The Balaban J connectivity index is 1.96. The van der Waals surface area contributed by atoms with Gasteiger partial charge in [-0.2, -0.15) is 0 Å². The summed E-state index contributed by atoms with van der Waals surface area (Å²) >= 11 is 0. The number of hydrogen-bond donors (Lipinski definition) is 0. The number of fused-ring (bicyclic) bond motifs is 1. The quantitative estimate of drug-likeness (QED) is 0.823. The molecule has 98 valence electrons. The molecule has 0 bridgehead atoms. The number of nitrogens with zero attached hydrogens (tertiary/aromatic N) is 2. The molecule has 1 aliphatic rings. The van der Waals surface area contributed by atoms with E-state index in [0.29, 0.717) is 5.88 Å². The summed E-state index contributed by atoms with van der Waals surface area (Å²) in [5.41, 5.74) is 5.15. The fourth-order valence-corrected chi connectivity index (χ4v) is 2.64. The van der Waals surface area contributed by atoms with Gasteiger partial charge >= 0.3 is 0 Å². The molecule has 3 rings (SSSR count). The van der Waals surface area contributed by atoms with Gasteiger partial charge in [0.25, 0.3) is 0 Å². The first-order chi connectivity index (χ1) is 9.28. The number of anilines is 1. The second-order valence-corrected chi connectivity index (χ2v) is 4.96. The molecule has 2 aromatic rings. The smallest absolute Gasteiger partial charge is 0.212 e. The van der Waals surface area contributed by atoms with Gasteiger partial charge < -0.3 is 9.64 Å². The van der Waals surface area contributed by atoms with Crippen LogP contribution in [0.5, 0.6) is 5.88 Å². The molecule has 1 aromatic heterocycles. The molecule has 0 unspecified atom stereocenters. The van der Waals surface area contributed by atoms with Crippen LogP contribution in [0.4, 0.5) is 5.69 Å². The van der Waals surface area contributed by atoms with Crippen LogP contribution in [0.2, 0.25) is 0 Å². The van der Waals surface area contributed by atoms with Crippen molar-refractivity contribution in [3.63, 3.8) is 0 Å². The summed E-state index contributed by atoms with van der Waals surface area (Å²) in [7, 11) is 3.79. The topological polar surface area (TPSA) is 25.4 Å². The third kappa shape index (κ3) is 2.28. The summed E-state index contributed by atoms with van der Waals surface area (Å²) in [6, 6.07) is 10.6. The van der Waals surface area contributed by atoms with E-state index < -0.39 is 0 Å². The predicted molar refractivity (Wildman–Crippen MR) is 77.8 cm³/mol. The standard InChI is InChI=1S/C16H18N2O/c1-18-9-3-4-13-10-12(5-7-15(13)18)14-6-8-16(19-2)17-11-14/h5-8,10-11H,3-4,9H2,1-2H3. The van der Waals surface area contributed by atoms with Crippen molar-refractivity contribution in [1.29, 1.82) is 0 Å². The van der Waals surface area contributed by atoms with Crippen LogP contribution in [0.15, 0.2) is 36.5 Å². The van der Waals surface area contributed by atoms with Crippen molar-refractivity contribution in [2.45, 2.75) is 12.8 Å². The van der Waals surface area contributed by atoms with Crippen molar-refractivity contribution in [3.8, 4) is 17.0 Å². The molecule has 0 amide bonds. The second-order valence-electron chi connectivity index (χ2n) is 4.96. The lowest BCUT2D eigenvalue weighted by Gasteiger charge is -2.27. The van der Waals surface area contributed by atoms with Crippen LogP contribution in [-0.4, -0.2) is 25.7 Å². The van der Waals surface area contributed by atoms with Crippen LogP contribution in [0.3, 0.4) is 0 Å². The molecule has 0 fully saturated rings. The van der Waals surface area contributed by atoms with Gasteiger partial charge in [-0.1, -0.05) is 6.07 Å². The van der Waals surface area contributed by atoms with Crippen molar-refractivity contribution in [1.82, 2.24) is 4.98 Å². The molecule has 0 spiro atoms. The molecule has 1 aromatic carbocycles. The molecule has 0 aliphatic carbocycles. The van der Waals surface area contributed by atoms with Crippen LogP contribution in [0.1, 0.15) is 12.0 Å². The highest BCUT2D eigenvalue weighted by Crippen LogP contribution is 2.30. The summed E-state index contributed by atoms with van der Waals surface area (Å²) in [5.74, 6) is 0.654. The van der Waals surface area contributed by atoms with Gasteiger partial charge in [0.05, 0.1) is 7.11 Å². The number of ether oxygens (including phenoxy) is 1. The van der Waals surface area contributed by atoms with Gasteiger partial charge in [-0.3, -0.25) is 0 Å². The van der Waals surface area contributed by atoms with E-state index in [2.05, 4.69) is 41.2 Å². The van der Waals surface area contributed by atoms with Crippen LogP contribution >= 0.6 is 0 Å². The van der Waals surface area contributed by atoms with Crippen LogP contribution in [-0.2, 0) is 6.42 Å². The molecular formula is C16H18N2O. The van der Waals surface area contributed by atoms with Crippen molar-refractivity contribution < 1.29 is 4.74 Å². The van der Waals surface area contributed by atoms with Crippen molar-refractivity contribution >= 4 is 5.69 Å². The lowest BCUT2D eigenvalue weighted by atomic mass is 9.97. The van der Waals surface area contributed by atoms with E-state index in [9.17, 15) is 0 Å². The molecule has 0 N–H and O–H groups in total. The SMILES string of the molecule is COc1ccc(-c2ccc3c(c2)CCCN3C)cn1. The maximum atomic E-state index is 5.09. The molecule has 19 heavy (non-hydrogen) atoms. The molecule has 2 heterocycles. The number of methoxy groups -OCH3 is 1. The first kappa shape index (κ1) is 12.0. The zero-order chi connectivity index (χ0) is 13.2. The number of rotatable bonds is 2. The predicted octanol–water partition coefficient (Wildman–Crippen LogP) is 3.14. The highest BCUT2D eigenvalue weighted by molar-refractivity contribution is 5.69. The Labute approximate surface area is 113 Å². The average Bonchev–Trinajstić information content (AvgIpc) is 2.47. The molecule has 0 radical (unpaired) electrons. The lowest BCUT2D eigenvalue weighted by Crippen LogP contribution is -2.24. The van der Waals surface area contributed by atoms with E-state index in [0.717, 1.165) is 18.5 Å². The van der Waals surface area contributed by atoms with Crippen molar-refractivity contribution in [2.24, 2.45) is 0 Å². The third-order valence-electron chi connectivity index (χ3n) is 3.71. The first-order valence-corrected chi connectivity index (χ1v) is 6.62.